The van der Waals surface area contributed by atoms with E-state index in [1.807, 2.05) is 44.2 Å². The van der Waals surface area contributed by atoms with Crippen molar-refractivity contribution < 1.29 is 33.9 Å². The number of likely N-dealkylation sites (tertiary alicyclic amines) is 1. The smallest absolute Gasteiger partial charge is 0.447 e. The monoisotopic (exact) mass is 569 g/mol. The number of ether oxygens (including phenoxy) is 2. The molecule has 4 atom stereocenters. The Hall–Kier alpha value is -3.34. The predicted octanol–water partition coefficient (Wildman–Crippen LogP) is 1.16. The maximum absolute atomic E-state index is 13.7. The van der Waals surface area contributed by atoms with Gasteiger partial charge in [0.05, 0.1) is 24.6 Å². The average Bonchev–Trinajstić information content (AvgIpc) is 3.32. The summed E-state index contributed by atoms with van der Waals surface area (Å²) >= 11 is 0. The molecular weight excluding hydrogens is 529 g/mol. The lowest BCUT2D eigenvalue weighted by Crippen LogP contribution is -2.60. The van der Waals surface area contributed by atoms with E-state index in [4.69, 9.17) is 9.47 Å². The van der Waals surface area contributed by atoms with Crippen LogP contribution >= 0.6 is 0 Å². The van der Waals surface area contributed by atoms with Crippen molar-refractivity contribution in [2.45, 2.75) is 70.1 Å². The van der Waals surface area contributed by atoms with E-state index < -0.39 is 36.2 Å². The number of carbonyl (C=O) groups excluding carboxylic acids is 3. The third-order valence-corrected chi connectivity index (χ3v) is 8.38. The first-order valence-corrected chi connectivity index (χ1v) is 14.2. The summed E-state index contributed by atoms with van der Waals surface area (Å²) in [6.45, 7) is 8.38. The number of cyclic esters (lactones) is 1. The lowest BCUT2D eigenvalue weighted by atomic mass is 9.76. The molecule has 1 unspecified atom stereocenters. The first kappa shape index (κ1) is 30.6. The Morgan fingerprint density at radius 2 is 1.93 bits per heavy atom. The van der Waals surface area contributed by atoms with Crippen molar-refractivity contribution in [3.8, 4) is 6.07 Å². The van der Waals surface area contributed by atoms with E-state index in [-0.39, 0.29) is 37.4 Å². The summed E-state index contributed by atoms with van der Waals surface area (Å²) in [7, 11) is -1.78. The fourth-order valence-electron chi connectivity index (χ4n) is 6.18. The van der Waals surface area contributed by atoms with Crippen molar-refractivity contribution in [2.24, 2.45) is 5.41 Å². The molecule has 3 amide bonds. The largest absolute Gasteiger partial charge is 0.475 e. The standard InChI is InChI=1S/C28H40BN5O7/c1-27(2,33-12-13-34-21(15-33)17-40-26(34)37)18-28(3,19-30)24(35)32-11-7-10-22(16-32)41-25(36)31-23(29(38)39)14-20-8-5-4-6-9-20/h4-6,8-9,21-23,38-39H,7,10-18H2,1-3H3,(H,31,36)/t21-,22-,23-,28?/m0/s1. The molecule has 222 valence electrons. The van der Waals surface area contributed by atoms with Gasteiger partial charge in [0.15, 0.2) is 0 Å². The Balaban J connectivity index is 1.34. The SMILES string of the molecule is CC(C#N)(CC(C)(C)N1CCN2C(=O)OC[C@@H]2C1)C(=O)N1CCC[C@H](OC(=O)N[C@@H](Cc2ccccc2)B(O)O)C1. The molecule has 13 heteroatoms. The number of hydrogen-bond donors (Lipinski definition) is 3. The first-order valence-electron chi connectivity index (χ1n) is 14.2. The van der Waals surface area contributed by atoms with E-state index >= 15 is 0 Å². The molecule has 3 aliphatic rings. The van der Waals surface area contributed by atoms with E-state index in [1.165, 1.54) is 0 Å². The highest BCUT2D eigenvalue weighted by Gasteiger charge is 2.47. The fourth-order valence-corrected chi connectivity index (χ4v) is 6.18. The van der Waals surface area contributed by atoms with Crippen molar-refractivity contribution >= 4 is 25.2 Å². The maximum atomic E-state index is 13.7. The van der Waals surface area contributed by atoms with Crippen LogP contribution in [0.2, 0.25) is 0 Å². The van der Waals surface area contributed by atoms with Gasteiger partial charge in [0.1, 0.15) is 18.1 Å². The van der Waals surface area contributed by atoms with Gasteiger partial charge in [-0.15, -0.1) is 0 Å². The highest BCUT2D eigenvalue weighted by molar-refractivity contribution is 6.43. The molecule has 3 aliphatic heterocycles. The second-order valence-corrected chi connectivity index (χ2v) is 12.1. The molecule has 12 nitrogen and oxygen atoms in total. The lowest BCUT2D eigenvalue weighted by molar-refractivity contribution is -0.143. The van der Waals surface area contributed by atoms with E-state index in [1.54, 1.807) is 16.7 Å². The molecule has 4 rings (SSSR count). The molecule has 0 saturated carbocycles. The van der Waals surface area contributed by atoms with Gasteiger partial charge in [0, 0.05) is 31.7 Å². The zero-order valence-corrected chi connectivity index (χ0v) is 24.0. The molecule has 0 radical (unpaired) electrons. The molecule has 3 N–H and O–H groups in total. The summed E-state index contributed by atoms with van der Waals surface area (Å²) in [6, 6.07) is 11.4. The van der Waals surface area contributed by atoms with Crippen molar-refractivity contribution in [3.63, 3.8) is 0 Å². The highest BCUT2D eigenvalue weighted by atomic mass is 16.6. The molecular formula is C28H40BN5O7. The number of carbonyl (C=O) groups is 3. The van der Waals surface area contributed by atoms with Crippen LogP contribution in [0.4, 0.5) is 9.59 Å². The maximum Gasteiger partial charge on any atom is 0.475 e. The zero-order valence-electron chi connectivity index (χ0n) is 24.0. The van der Waals surface area contributed by atoms with Gasteiger partial charge in [-0.3, -0.25) is 14.6 Å². The number of amides is 3. The number of nitrogens with zero attached hydrogens (tertiary/aromatic N) is 4. The number of benzene rings is 1. The number of rotatable bonds is 9. The van der Waals surface area contributed by atoms with Crippen LogP contribution in [0.15, 0.2) is 30.3 Å². The van der Waals surface area contributed by atoms with Crippen LogP contribution in [0.3, 0.4) is 0 Å². The molecule has 3 heterocycles. The fraction of sp³-hybridized carbons (Fsp3) is 0.643. The van der Waals surface area contributed by atoms with Crippen molar-refractivity contribution in [3.05, 3.63) is 35.9 Å². The molecule has 1 aromatic carbocycles. The number of alkyl carbamates (subject to hydrolysis) is 1. The van der Waals surface area contributed by atoms with Crippen LogP contribution in [0.1, 0.15) is 45.6 Å². The van der Waals surface area contributed by atoms with Gasteiger partial charge < -0.3 is 29.7 Å². The number of piperidine rings is 1. The Labute approximate surface area is 241 Å². The van der Waals surface area contributed by atoms with Crippen LogP contribution in [0.25, 0.3) is 0 Å². The van der Waals surface area contributed by atoms with Crippen LogP contribution in [0, 0.1) is 16.7 Å². The molecule has 3 saturated heterocycles. The van der Waals surface area contributed by atoms with Crippen LogP contribution in [-0.4, -0.2) is 113 Å². The second-order valence-electron chi connectivity index (χ2n) is 12.1. The number of nitrogens with one attached hydrogen (secondary N) is 1. The predicted molar refractivity (Wildman–Crippen MR) is 149 cm³/mol. The van der Waals surface area contributed by atoms with Gasteiger partial charge in [-0.2, -0.15) is 5.26 Å². The Morgan fingerprint density at radius 3 is 2.61 bits per heavy atom. The van der Waals surface area contributed by atoms with E-state index in [0.717, 1.165) is 5.56 Å². The Bertz CT molecular complexity index is 1150. The van der Waals surface area contributed by atoms with Gasteiger partial charge in [-0.05, 0) is 52.0 Å². The topological polar surface area (TPSA) is 156 Å². The third kappa shape index (κ3) is 7.30. The lowest BCUT2D eigenvalue weighted by Gasteiger charge is -2.47. The molecule has 3 fully saturated rings. The minimum atomic E-state index is -1.78. The average molecular weight is 569 g/mol. The Morgan fingerprint density at radius 1 is 1.20 bits per heavy atom. The minimum absolute atomic E-state index is 0.0371. The quantitative estimate of drug-likeness (QED) is 0.372. The van der Waals surface area contributed by atoms with Gasteiger partial charge in [-0.25, -0.2) is 9.59 Å². The van der Waals surface area contributed by atoms with Gasteiger partial charge in [0.25, 0.3) is 0 Å². The third-order valence-electron chi connectivity index (χ3n) is 8.38. The van der Waals surface area contributed by atoms with Crippen LogP contribution in [0.5, 0.6) is 0 Å². The van der Waals surface area contributed by atoms with Gasteiger partial charge >= 0.3 is 19.3 Å². The summed E-state index contributed by atoms with van der Waals surface area (Å²) in [6.07, 6.45) is -0.0425. The summed E-state index contributed by atoms with van der Waals surface area (Å²) in [4.78, 5) is 43.8. The van der Waals surface area contributed by atoms with Crippen molar-refractivity contribution in [1.82, 2.24) is 20.0 Å². The summed E-state index contributed by atoms with van der Waals surface area (Å²) in [5.41, 5.74) is -0.984. The zero-order chi connectivity index (χ0) is 29.8. The normalized spacial score (nSPS) is 23.5. The first-order chi connectivity index (χ1) is 19.4. The summed E-state index contributed by atoms with van der Waals surface area (Å²) < 4.78 is 10.8. The van der Waals surface area contributed by atoms with E-state index in [9.17, 15) is 29.7 Å². The Kier molecular flexibility index (Phi) is 9.46. The molecule has 0 aliphatic carbocycles. The van der Waals surface area contributed by atoms with E-state index in [2.05, 4.69) is 16.3 Å². The molecule has 0 aromatic heterocycles. The molecule has 41 heavy (non-hydrogen) atoms. The van der Waals surface area contributed by atoms with Gasteiger partial charge in [-0.1, -0.05) is 30.3 Å². The summed E-state index contributed by atoms with van der Waals surface area (Å²) in [5.74, 6) is -1.28. The van der Waals surface area contributed by atoms with Crippen LogP contribution < -0.4 is 5.32 Å². The number of piperazine rings is 1. The second kappa shape index (κ2) is 12.7. The number of nitriles is 1. The van der Waals surface area contributed by atoms with E-state index in [0.29, 0.717) is 45.6 Å². The molecule has 0 bridgehead atoms. The molecule has 0 spiro atoms. The molecule has 1 aromatic rings. The van der Waals surface area contributed by atoms with Crippen molar-refractivity contribution in [1.29, 1.82) is 5.26 Å². The number of hydrogen-bond acceptors (Lipinski definition) is 9. The van der Waals surface area contributed by atoms with Crippen LogP contribution in [-0.2, 0) is 20.7 Å². The highest BCUT2D eigenvalue weighted by Crippen LogP contribution is 2.36. The number of fused-ring (bicyclic) bond motifs is 1. The minimum Gasteiger partial charge on any atom is -0.447 e. The summed E-state index contributed by atoms with van der Waals surface area (Å²) in [5, 5.41) is 32.3. The van der Waals surface area contributed by atoms with Crippen molar-refractivity contribution in [2.75, 3.05) is 39.3 Å². The van der Waals surface area contributed by atoms with Gasteiger partial charge in [0.2, 0.25) is 5.91 Å².